The van der Waals surface area contributed by atoms with E-state index in [1.807, 2.05) is 19.9 Å². The third-order valence-corrected chi connectivity index (χ3v) is 2.23. The molecule has 0 aromatic carbocycles. The van der Waals surface area contributed by atoms with Gasteiger partial charge in [-0.3, -0.25) is 0 Å². The Labute approximate surface area is 89.6 Å². The van der Waals surface area contributed by atoms with E-state index in [1.165, 1.54) is 0 Å². The number of aromatic nitrogens is 1. The number of aliphatic hydroxyl groups excluding tert-OH is 1. The number of anilines is 1. The number of aliphatic hydroxyl groups is 1. The quantitative estimate of drug-likeness (QED) is 0.779. The Balaban J connectivity index is 2.75. The van der Waals surface area contributed by atoms with Gasteiger partial charge in [0.25, 0.3) is 0 Å². The highest BCUT2D eigenvalue weighted by Crippen LogP contribution is 2.12. The highest BCUT2D eigenvalue weighted by atomic mass is 16.3. The van der Waals surface area contributed by atoms with Gasteiger partial charge >= 0.3 is 0 Å². The fourth-order valence-corrected chi connectivity index (χ4v) is 1.22. The Hall–Kier alpha value is -1.60. The van der Waals surface area contributed by atoms with Gasteiger partial charge in [0, 0.05) is 11.9 Å². The van der Waals surface area contributed by atoms with Crippen LogP contribution in [0.2, 0.25) is 0 Å². The maximum absolute atomic E-state index is 9.14. The average Bonchev–Trinajstić information content (AvgIpc) is 2.25. The Morgan fingerprint density at radius 2 is 2.33 bits per heavy atom. The van der Waals surface area contributed by atoms with E-state index in [-0.39, 0.29) is 12.6 Å². The predicted octanol–water partition coefficient (Wildman–Crippen LogP) is 1.38. The Morgan fingerprint density at radius 1 is 1.60 bits per heavy atom. The highest BCUT2D eigenvalue weighted by molar-refractivity contribution is 5.46. The number of hydrogen-bond acceptors (Lipinski definition) is 4. The van der Waals surface area contributed by atoms with Crippen LogP contribution in [0, 0.1) is 17.2 Å². The molecule has 1 heterocycles. The summed E-state index contributed by atoms with van der Waals surface area (Å²) in [5.41, 5.74) is 1.19. The van der Waals surface area contributed by atoms with Crippen molar-refractivity contribution >= 4 is 5.69 Å². The molecular weight excluding hydrogens is 190 g/mol. The van der Waals surface area contributed by atoms with E-state index >= 15 is 0 Å². The topological polar surface area (TPSA) is 68.9 Å². The summed E-state index contributed by atoms with van der Waals surface area (Å²) in [6.45, 7) is 4.13. The Morgan fingerprint density at radius 3 is 2.87 bits per heavy atom. The van der Waals surface area contributed by atoms with E-state index < -0.39 is 0 Å². The van der Waals surface area contributed by atoms with Crippen molar-refractivity contribution in [3.63, 3.8) is 0 Å². The maximum atomic E-state index is 9.14. The zero-order valence-electron chi connectivity index (χ0n) is 8.94. The molecule has 4 heteroatoms. The van der Waals surface area contributed by atoms with Crippen molar-refractivity contribution in [2.24, 2.45) is 5.92 Å². The van der Waals surface area contributed by atoms with Gasteiger partial charge in [0.05, 0.1) is 12.6 Å². The third kappa shape index (κ3) is 3.22. The second kappa shape index (κ2) is 5.32. The summed E-state index contributed by atoms with van der Waals surface area (Å²) in [6.07, 6.45) is 1.58. The second-order valence-electron chi connectivity index (χ2n) is 3.72. The molecule has 4 nitrogen and oxygen atoms in total. The largest absolute Gasteiger partial charge is 0.394 e. The number of hydrogen-bond donors (Lipinski definition) is 2. The molecule has 0 saturated carbocycles. The normalized spacial score (nSPS) is 12.2. The summed E-state index contributed by atoms with van der Waals surface area (Å²) in [6, 6.07) is 5.43. The molecule has 0 aliphatic heterocycles. The van der Waals surface area contributed by atoms with Crippen LogP contribution >= 0.6 is 0 Å². The minimum atomic E-state index is -0.000979. The summed E-state index contributed by atoms with van der Waals surface area (Å²) in [5, 5.41) is 21.0. The SMILES string of the molecule is CC(C)[C@@H](CO)Nc1ccnc(C#N)c1. The van der Waals surface area contributed by atoms with E-state index in [0.29, 0.717) is 11.6 Å². The predicted molar refractivity (Wildman–Crippen MR) is 58.3 cm³/mol. The molecular formula is C11H15N3O. The summed E-state index contributed by atoms with van der Waals surface area (Å²) >= 11 is 0. The van der Waals surface area contributed by atoms with Crippen molar-refractivity contribution in [3.8, 4) is 6.07 Å². The van der Waals surface area contributed by atoms with Gasteiger partial charge in [0.2, 0.25) is 0 Å². The molecule has 0 saturated heterocycles. The molecule has 0 bridgehead atoms. The van der Waals surface area contributed by atoms with Crippen LogP contribution < -0.4 is 5.32 Å². The van der Waals surface area contributed by atoms with Crippen LogP contribution in [0.15, 0.2) is 18.3 Å². The molecule has 0 spiro atoms. The van der Waals surface area contributed by atoms with Crippen molar-refractivity contribution in [2.45, 2.75) is 19.9 Å². The molecule has 15 heavy (non-hydrogen) atoms. The Bertz CT molecular complexity index is 357. The number of nitriles is 1. The molecule has 1 aromatic heterocycles. The number of pyridine rings is 1. The first kappa shape index (κ1) is 11.5. The molecule has 2 N–H and O–H groups in total. The molecule has 80 valence electrons. The standard InChI is InChI=1S/C11H15N3O/c1-8(2)11(7-15)14-9-3-4-13-10(5-9)6-12/h3-5,8,11,15H,7H2,1-2H3,(H,13,14)/t11-/m1/s1. The van der Waals surface area contributed by atoms with Gasteiger partial charge in [-0.1, -0.05) is 13.8 Å². The second-order valence-corrected chi connectivity index (χ2v) is 3.72. The molecule has 1 atom stereocenters. The van der Waals surface area contributed by atoms with E-state index in [9.17, 15) is 0 Å². The zero-order chi connectivity index (χ0) is 11.3. The summed E-state index contributed by atoms with van der Waals surface area (Å²) in [4.78, 5) is 3.87. The molecule has 0 unspecified atom stereocenters. The van der Waals surface area contributed by atoms with Crippen LogP contribution in [-0.4, -0.2) is 22.7 Å². The highest BCUT2D eigenvalue weighted by Gasteiger charge is 2.11. The summed E-state index contributed by atoms with van der Waals surface area (Å²) in [5.74, 6) is 0.328. The van der Waals surface area contributed by atoms with E-state index in [4.69, 9.17) is 10.4 Å². The van der Waals surface area contributed by atoms with Crippen LogP contribution in [0.1, 0.15) is 19.5 Å². The van der Waals surface area contributed by atoms with E-state index in [1.54, 1.807) is 18.3 Å². The fraction of sp³-hybridized carbons (Fsp3) is 0.455. The molecule has 1 rings (SSSR count). The number of nitrogens with one attached hydrogen (secondary N) is 1. The van der Waals surface area contributed by atoms with E-state index in [2.05, 4.69) is 10.3 Å². The lowest BCUT2D eigenvalue weighted by atomic mass is 10.1. The van der Waals surface area contributed by atoms with Gasteiger partial charge < -0.3 is 10.4 Å². The summed E-state index contributed by atoms with van der Waals surface area (Å²) in [7, 11) is 0. The van der Waals surface area contributed by atoms with Gasteiger partial charge in [0.1, 0.15) is 11.8 Å². The lowest BCUT2D eigenvalue weighted by molar-refractivity contribution is 0.249. The smallest absolute Gasteiger partial charge is 0.142 e. The molecule has 0 amide bonds. The Kier molecular flexibility index (Phi) is 4.07. The molecule has 1 aromatic rings. The zero-order valence-corrected chi connectivity index (χ0v) is 8.94. The van der Waals surface area contributed by atoms with Gasteiger partial charge in [-0.25, -0.2) is 4.98 Å². The van der Waals surface area contributed by atoms with Crippen LogP contribution in [-0.2, 0) is 0 Å². The first-order valence-electron chi connectivity index (χ1n) is 4.91. The first-order chi connectivity index (χ1) is 7.17. The lowest BCUT2D eigenvalue weighted by Crippen LogP contribution is -2.29. The molecule has 0 radical (unpaired) electrons. The van der Waals surface area contributed by atoms with Crippen molar-refractivity contribution in [2.75, 3.05) is 11.9 Å². The van der Waals surface area contributed by atoms with Gasteiger partial charge in [-0.15, -0.1) is 0 Å². The van der Waals surface area contributed by atoms with Crippen LogP contribution in [0.3, 0.4) is 0 Å². The van der Waals surface area contributed by atoms with Crippen LogP contribution in [0.5, 0.6) is 0 Å². The van der Waals surface area contributed by atoms with Crippen molar-refractivity contribution in [3.05, 3.63) is 24.0 Å². The molecule has 0 aliphatic rings. The van der Waals surface area contributed by atoms with Gasteiger partial charge in [-0.05, 0) is 18.1 Å². The monoisotopic (exact) mass is 205 g/mol. The van der Waals surface area contributed by atoms with E-state index in [0.717, 1.165) is 5.69 Å². The third-order valence-electron chi connectivity index (χ3n) is 2.23. The van der Waals surface area contributed by atoms with Crippen molar-refractivity contribution < 1.29 is 5.11 Å². The minimum Gasteiger partial charge on any atom is -0.394 e. The minimum absolute atomic E-state index is 0.000979. The maximum Gasteiger partial charge on any atom is 0.142 e. The van der Waals surface area contributed by atoms with Crippen LogP contribution in [0.4, 0.5) is 5.69 Å². The molecule has 0 fully saturated rings. The van der Waals surface area contributed by atoms with Crippen LogP contribution in [0.25, 0.3) is 0 Å². The average molecular weight is 205 g/mol. The van der Waals surface area contributed by atoms with Crippen molar-refractivity contribution in [1.82, 2.24) is 4.98 Å². The summed E-state index contributed by atoms with van der Waals surface area (Å²) < 4.78 is 0. The first-order valence-corrected chi connectivity index (χ1v) is 4.91. The van der Waals surface area contributed by atoms with Crippen molar-refractivity contribution in [1.29, 1.82) is 5.26 Å². The van der Waals surface area contributed by atoms with Gasteiger partial charge in [0.15, 0.2) is 0 Å². The molecule has 0 aliphatic carbocycles. The number of rotatable bonds is 4. The van der Waals surface area contributed by atoms with Gasteiger partial charge in [-0.2, -0.15) is 5.26 Å². The lowest BCUT2D eigenvalue weighted by Gasteiger charge is -2.20. The fourth-order valence-electron chi connectivity index (χ4n) is 1.22. The number of nitrogens with zero attached hydrogens (tertiary/aromatic N) is 2.